The second-order valence-corrected chi connectivity index (χ2v) is 5.26. The third-order valence-corrected chi connectivity index (χ3v) is 4.00. The molecule has 1 aromatic carbocycles. The van der Waals surface area contributed by atoms with E-state index in [4.69, 9.17) is 0 Å². The number of benzene rings is 1. The van der Waals surface area contributed by atoms with Crippen LogP contribution in [0.1, 0.15) is 28.8 Å². The summed E-state index contributed by atoms with van der Waals surface area (Å²) in [6.07, 6.45) is 3.48. The van der Waals surface area contributed by atoms with E-state index < -0.39 is 0 Å². The normalized spacial score (nSPS) is 20.1. The zero-order valence-corrected chi connectivity index (χ0v) is 10.9. The Morgan fingerprint density at radius 1 is 1.21 bits per heavy atom. The molecule has 1 aliphatic heterocycles. The number of piperazine rings is 1. The number of anilines is 1. The van der Waals surface area contributed by atoms with E-state index in [1.165, 1.54) is 12.8 Å². The summed E-state index contributed by atoms with van der Waals surface area (Å²) in [6, 6.07) is 8.38. The minimum Gasteiger partial charge on any atom is -0.368 e. The van der Waals surface area contributed by atoms with Crippen LogP contribution in [0.3, 0.4) is 0 Å². The molecular weight excluding hydrogens is 238 g/mol. The largest absolute Gasteiger partial charge is 0.368 e. The molecule has 0 aromatic heterocycles. The van der Waals surface area contributed by atoms with Gasteiger partial charge in [0.05, 0.1) is 11.3 Å². The fraction of sp³-hybridized carbons (Fsp3) is 0.467. The summed E-state index contributed by atoms with van der Waals surface area (Å²) in [7, 11) is 0. The zero-order chi connectivity index (χ0) is 13.2. The standard InChI is InChI=1S/C15H17N3O/c16-10-13-9-12(11-19)1-4-15(13)18-7-5-17(6-8-18)14-2-3-14/h1,4,9,11,14H,2-3,5-8H2. The first kappa shape index (κ1) is 12.2. The quantitative estimate of drug-likeness (QED) is 0.771. The van der Waals surface area contributed by atoms with Gasteiger partial charge in [-0.25, -0.2) is 0 Å². The lowest BCUT2D eigenvalue weighted by Crippen LogP contribution is -2.47. The molecule has 3 rings (SSSR count). The van der Waals surface area contributed by atoms with Crippen molar-refractivity contribution in [2.24, 2.45) is 0 Å². The van der Waals surface area contributed by atoms with Crippen LogP contribution >= 0.6 is 0 Å². The van der Waals surface area contributed by atoms with E-state index in [2.05, 4.69) is 15.9 Å². The van der Waals surface area contributed by atoms with Gasteiger partial charge in [0.2, 0.25) is 0 Å². The summed E-state index contributed by atoms with van der Waals surface area (Å²) in [5, 5.41) is 9.22. The lowest BCUT2D eigenvalue weighted by atomic mass is 10.1. The summed E-state index contributed by atoms with van der Waals surface area (Å²) >= 11 is 0. The fourth-order valence-electron chi connectivity index (χ4n) is 2.76. The summed E-state index contributed by atoms with van der Waals surface area (Å²) < 4.78 is 0. The van der Waals surface area contributed by atoms with E-state index in [0.717, 1.165) is 44.2 Å². The number of hydrogen-bond acceptors (Lipinski definition) is 4. The topological polar surface area (TPSA) is 47.3 Å². The van der Waals surface area contributed by atoms with Gasteiger partial charge in [0.25, 0.3) is 0 Å². The maximum atomic E-state index is 10.8. The maximum absolute atomic E-state index is 10.8. The maximum Gasteiger partial charge on any atom is 0.150 e. The molecule has 0 amide bonds. The van der Waals surface area contributed by atoms with Gasteiger partial charge in [-0.2, -0.15) is 5.26 Å². The number of aldehydes is 1. The number of rotatable bonds is 3. The van der Waals surface area contributed by atoms with Gasteiger partial charge in [-0.1, -0.05) is 0 Å². The second kappa shape index (κ2) is 5.02. The molecule has 98 valence electrons. The van der Waals surface area contributed by atoms with Gasteiger partial charge in [0.15, 0.2) is 0 Å². The predicted octanol–water partition coefficient (Wildman–Crippen LogP) is 1.66. The molecule has 2 fully saturated rings. The van der Waals surface area contributed by atoms with Crippen molar-refractivity contribution in [3.63, 3.8) is 0 Å². The SMILES string of the molecule is N#Cc1cc(C=O)ccc1N1CCN(C2CC2)CC1. The highest BCUT2D eigenvalue weighted by Gasteiger charge is 2.31. The number of carbonyl (C=O) groups is 1. The lowest BCUT2D eigenvalue weighted by Gasteiger charge is -2.36. The molecule has 1 heterocycles. The van der Waals surface area contributed by atoms with Crippen LogP contribution in [0, 0.1) is 11.3 Å². The van der Waals surface area contributed by atoms with E-state index in [-0.39, 0.29) is 0 Å². The Balaban J connectivity index is 1.75. The van der Waals surface area contributed by atoms with Crippen LogP contribution in [-0.4, -0.2) is 43.4 Å². The Bertz CT molecular complexity index is 523. The number of carbonyl (C=O) groups excluding carboxylic acids is 1. The molecule has 0 N–H and O–H groups in total. The average molecular weight is 255 g/mol. The molecule has 1 aromatic rings. The van der Waals surface area contributed by atoms with Crippen molar-refractivity contribution in [3.8, 4) is 6.07 Å². The molecule has 1 saturated heterocycles. The van der Waals surface area contributed by atoms with Gasteiger partial charge in [-0.3, -0.25) is 9.69 Å². The zero-order valence-electron chi connectivity index (χ0n) is 10.9. The van der Waals surface area contributed by atoms with Crippen molar-refractivity contribution in [3.05, 3.63) is 29.3 Å². The molecule has 0 atom stereocenters. The van der Waals surface area contributed by atoms with E-state index in [1.54, 1.807) is 12.1 Å². The highest BCUT2D eigenvalue weighted by Crippen LogP contribution is 2.29. The van der Waals surface area contributed by atoms with Crippen molar-refractivity contribution in [1.29, 1.82) is 5.26 Å². The molecule has 4 heteroatoms. The van der Waals surface area contributed by atoms with Crippen molar-refractivity contribution in [2.45, 2.75) is 18.9 Å². The highest BCUT2D eigenvalue weighted by molar-refractivity contribution is 5.78. The molecule has 0 bridgehead atoms. The van der Waals surface area contributed by atoms with Gasteiger partial charge in [0.1, 0.15) is 12.4 Å². The molecule has 2 aliphatic rings. The van der Waals surface area contributed by atoms with E-state index in [9.17, 15) is 10.1 Å². The molecular formula is C15H17N3O. The number of nitrogens with zero attached hydrogens (tertiary/aromatic N) is 3. The summed E-state index contributed by atoms with van der Waals surface area (Å²) in [4.78, 5) is 15.6. The van der Waals surface area contributed by atoms with Gasteiger partial charge < -0.3 is 4.90 Å². The molecule has 0 unspecified atom stereocenters. The van der Waals surface area contributed by atoms with Gasteiger partial charge >= 0.3 is 0 Å². The molecule has 0 radical (unpaired) electrons. The van der Waals surface area contributed by atoms with Gasteiger partial charge in [-0.05, 0) is 31.0 Å². The molecule has 1 saturated carbocycles. The second-order valence-electron chi connectivity index (χ2n) is 5.26. The lowest BCUT2D eigenvalue weighted by molar-refractivity contribution is 0.112. The Morgan fingerprint density at radius 3 is 2.53 bits per heavy atom. The first-order valence-electron chi connectivity index (χ1n) is 6.80. The fourth-order valence-corrected chi connectivity index (χ4v) is 2.76. The Hall–Kier alpha value is -1.86. The monoisotopic (exact) mass is 255 g/mol. The number of hydrogen-bond donors (Lipinski definition) is 0. The molecule has 0 spiro atoms. The van der Waals surface area contributed by atoms with Crippen LogP contribution in [0.2, 0.25) is 0 Å². The number of nitriles is 1. The van der Waals surface area contributed by atoms with Gasteiger partial charge in [-0.15, -0.1) is 0 Å². The smallest absolute Gasteiger partial charge is 0.150 e. The summed E-state index contributed by atoms with van der Waals surface area (Å²) in [5.41, 5.74) is 2.13. The predicted molar refractivity (Wildman–Crippen MR) is 73.4 cm³/mol. The third kappa shape index (κ3) is 2.47. The Morgan fingerprint density at radius 2 is 1.95 bits per heavy atom. The first-order valence-corrected chi connectivity index (χ1v) is 6.80. The van der Waals surface area contributed by atoms with Crippen LogP contribution in [0.25, 0.3) is 0 Å². The molecule has 19 heavy (non-hydrogen) atoms. The van der Waals surface area contributed by atoms with E-state index in [1.807, 2.05) is 6.07 Å². The summed E-state index contributed by atoms with van der Waals surface area (Å²) in [6.45, 7) is 4.08. The minimum atomic E-state index is 0.567. The van der Waals surface area contributed by atoms with Crippen molar-refractivity contribution in [2.75, 3.05) is 31.1 Å². The van der Waals surface area contributed by atoms with Crippen molar-refractivity contribution >= 4 is 12.0 Å². The van der Waals surface area contributed by atoms with Crippen LogP contribution in [0.4, 0.5) is 5.69 Å². The first-order chi connectivity index (χ1) is 9.31. The van der Waals surface area contributed by atoms with Crippen molar-refractivity contribution in [1.82, 2.24) is 4.90 Å². The Kier molecular flexibility index (Phi) is 3.22. The van der Waals surface area contributed by atoms with E-state index in [0.29, 0.717) is 11.1 Å². The van der Waals surface area contributed by atoms with E-state index >= 15 is 0 Å². The van der Waals surface area contributed by atoms with Crippen LogP contribution in [0.5, 0.6) is 0 Å². The molecule has 4 nitrogen and oxygen atoms in total. The van der Waals surface area contributed by atoms with Crippen LogP contribution in [-0.2, 0) is 0 Å². The summed E-state index contributed by atoms with van der Waals surface area (Å²) in [5.74, 6) is 0. The Labute approximate surface area is 113 Å². The average Bonchev–Trinajstić information content (AvgIpc) is 3.31. The van der Waals surface area contributed by atoms with Crippen molar-refractivity contribution < 1.29 is 4.79 Å². The minimum absolute atomic E-state index is 0.567. The van der Waals surface area contributed by atoms with Crippen LogP contribution in [0.15, 0.2) is 18.2 Å². The highest BCUT2D eigenvalue weighted by atomic mass is 16.1. The van der Waals surface area contributed by atoms with Crippen LogP contribution < -0.4 is 4.90 Å². The van der Waals surface area contributed by atoms with Gasteiger partial charge in [0, 0.05) is 37.8 Å². The molecule has 1 aliphatic carbocycles. The third-order valence-electron chi connectivity index (χ3n) is 4.00.